The molecule has 1 heterocycles. The molecule has 3 rings (SSSR count). The number of nitrogens with zero attached hydrogens (tertiary/aromatic N) is 2. The van der Waals surface area contributed by atoms with Gasteiger partial charge >= 0.3 is 0 Å². The van der Waals surface area contributed by atoms with Crippen LogP contribution in [0.1, 0.15) is 28.1 Å². The first-order valence-corrected chi connectivity index (χ1v) is 9.37. The van der Waals surface area contributed by atoms with E-state index in [9.17, 15) is 0 Å². The minimum absolute atomic E-state index is 0.345. The van der Waals surface area contributed by atoms with Gasteiger partial charge in [0.1, 0.15) is 12.4 Å². The molecule has 6 heteroatoms. The molecule has 0 bridgehead atoms. The van der Waals surface area contributed by atoms with Gasteiger partial charge in [-0.05, 0) is 55.7 Å². The summed E-state index contributed by atoms with van der Waals surface area (Å²) >= 11 is 7.64. The number of hydrogen-bond acceptors (Lipinski definition) is 4. The van der Waals surface area contributed by atoms with Crippen molar-refractivity contribution in [2.24, 2.45) is 0 Å². The number of benzene rings is 2. The van der Waals surface area contributed by atoms with Crippen molar-refractivity contribution in [3.05, 3.63) is 69.5 Å². The first-order valence-electron chi connectivity index (χ1n) is 8.00. The van der Waals surface area contributed by atoms with Gasteiger partial charge < -0.3 is 4.74 Å². The van der Waals surface area contributed by atoms with Gasteiger partial charge in [-0.3, -0.25) is 5.10 Å². The number of halogens is 1. The normalized spacial score (nSPS) is 10.9. The highest BCUT2D eigenvalue weighted by atomic mass is 35.5. The topological polar surface area (TPSA) is 50.8 Å². The molecule has 3 aromatic rings. The number of rotatable bonds is 6. The van der Waals surface area contributed by atoms with E-state index in [1.165, 1.54) is 16.7 Å². The van der Waals surface area contributed by atoms with Crippen molar-refractivity contribution in [2.75, 3.05) is 0 Å². The Hall–Kier alpha value is -1.98. The van der Waals surface area contributed by atoms with Crippen LogP contribution in [-0.2, 0) is 12.4 Å². The number of thioether (sulfide) groups is 1. The Balaban J connectivity index is 1.57. The molecule has 4 nitrogen and oxygen atoms in total. The third-order valence-electron chi connectivity index (χ3n) is 3.88. The zero-order valence-corrected chi connectivity index (χ0v) is 16.0. The lowest BCUT2D eigenvalue weighted by atomic mass is 10.1. The van der Waals surface area contributed by atoms with Crippen molar-refractivity contribution in [1.82, 2.24) is 15.2 Å². The molecular weight excluding hydrogens is 354 g/mol. The lowest BCUT2D eigenvalue weighted by Crippen LogP contribution is -1.98. The highest BCUT2D eigenvalue weighted by Gasteiger charge is 2.07. The summed E-state index contributed by atoms with van der Waals surface area (Å²) < 4.78 is 5.74. The van der Waals surface area contributed by atoms with Crippen molar-refractivity contribution >= 4 is 23.4 Å². The predicted molar refractivity (Wildman–Crippen MR) is 102 cm³/mol. The molecule has 0 amide bonds. The van der Waals surface area contributed by atoms with Crippen LogP contribution < -0.4 is 4.74 Å². The number of aromatic nitrogens is 3. The van der Waals surface area contributed by atoms with Crippen LogP contribution in [0.3, 0.4) is 0 Å². The largest absolute Gasteiger partial charge is 0.486 e. The van der Waals surface area contributed by atoms with Crippen molar-refractivity contribution in [1.29, 1.82) is 0 Å². The molecule has 0 fully saturated rings. The van der Waals surface area contributed by atoms with Gasteiger partial charge in [0.25, 0.3) is 0 Å². The highest BCUT2D eigenvalue weighted by molar-refractivity contribution is 7.98. The van der Waals surface area contributed by atoms with E-state index in [0.717, 1.165) is 27.2 Å². The molecule has 0 unspecified atom stereocenters. The van der Waals surface area contributed by atoms with Crippen LogP contribution in [-0.4, -0.2) is 15.2 Å². The van der Waals surface area contributed by atoms with Crippen LogP contribution in [0, 0.1) is 20.8 Å². The molecule has 2 aromatic carbocycles. The van der Waals surface area contributed by atoms with Gasteiger partial charge in [0.05, 0.1) is 0 Å². The smallest absolute Gasteiger partial charge is 0.208 e. The Labute approximate surface area is 157 Å². The molecule has 0 radical (unpaired) electrons. The summed E-state index contributed by atoms with van der Waals surface area (Å²) in [5, 5.41) is 8.65. The van der Waals surface area contributed by atoms with E-state index in [-0.39, 0.29) is 0 Å². The Morgan fingerprint density at radius 3 is 2.72 bits per heavy atom. The molecule has 130 valence electrons. The van der Waals surface area contributed by atoms with E-state index < -0.39 is 0 Å². The summed E-state index contributed by atoms with van der Waals surface area (Å²) in [7, 11) is 0. The monoisotopic (exact) mass is 373 g/mol. The Morgan fingerprint density at radius 1 is 1.08 bits per heavy atom. The molecule has 0 atom stereocenters. The molecule has 0 aliphatic rings. The van der Waals surface area contributed by atoms with E-state index in [4.69, 9.17) is 16.3 Å². The Kier molecular flexibility index (Phi) is 5.66. The van der Waals surface area contributed by atoms with Gasteiger partial charge in [-0.25, -0.2) is 4.98 Å². The maximum atomic E-state index is 6.02. The molecule has 0 saturated heterocycles. The van der Waals surface area contributed by atoms with Crippen molar-refractivity contribution < 1.29 is 4.74 Å². The van der Waals surface area contributed by atoms with Crippen LogP contribution in [0.25, 0.3) is 0 Å². The number of nitrogens with one attached hydrogen (secondary N) is 1. The Morgan fingerprint density at radius 2 is 1.92 bits per heavy atom. The maximum Gasteiger partial charge on any atom is 0.208 e. The predicted octanol–water partition coefficient (Wildman–Crippen LogP) is 5.25. The number of aryl methyl sites for hydroxylation is 3. The van der Waals surface area contributed by atoms with Gasteiger partial charge in [-0.2, -0.15) is 0 Å². The molecule has 0 aliphatic carbocycles. The molecule has 0 spiro atoms. The van der Waals surface area contributed by atoms with Gasteiger partial charge in [-0.1, -0.05) is 47.1 Å². The van der Waals surface area contributed by atoms with Crippen molar-refractivity contribution in [3.63, 3.8) is 0 Å². The van der Waals surface area contributed by atoms with E-state index >= 15 is 0 Å². The second-order valence-corrected chi connectivity index (χ2v) is 7.33. The fraction of sp³-hybridized carbons (Fsp3) is 0.263. The van der Waals surface area contributed by atoms with Crippen molar-refractivity contribution in [3.8, 4) is 5.75 Å². The molecule has 25 heavy (non-hydrogen) atoms. The fourth-order valence-corrected chi connectivity index (χ4v) is 3.36. The second kappa shape index (κ2) is 7.93. The third kappa shape index (κ3) is 4.77. The second-order valence-electron chi connectivity index (χ2n) is 5.98. The molecule has 1 aromatic heterocycles. The highest BCUT2D eigenvalue weighted by Crippen LogP contribution is 2.23. The van der Waals surface area contributed by atoms with E-state index in [1.54, 1.807) is 11.8 Å². The molecule has 1 N–H and O–H groups in total. The summed E-state index contributed by atoms with van der Waals surface area (Å²) in [6.07, 6.45) is 0. The lowest BCUT2D eigenvalue weighted by Gasteiger charge is -2.06. The van der Waals surface area contributed by atoms with Crippen LogP contribution in [0.15, 0.2) is 41.6 Å². The van der Waals surface area contributed by atoms with Gasteiger partial charge in [0.15, 0.2) is 5.82 Å². The summed E-state index contributed by atoms with van der Waals surface area (Å²) in [4.78, 5) is 4.48. The van der Waals surface area contributed by atoms with Gasteiger partial charge in [-0.15, -0.1) is 5.10 Å². The zero-order valence-electron chi connectivity index (χ0n) is 14.5. The number of hydrogen-bond donors (Lipinski definition) is 1. The average molecular weight is 374 g/mol. The van der Waals surface area contributed by atoms with Crippen molar-refractivity contribution in [2.45, 2.75) is 38.3 Å². The zero-order chi connectivity index (χ0) is 17.8. The van der Waals surface area contributed by atoms with E-state index in [2.05, 4.69) is 47.2 Å². The SMILES string of the molecule is Cc1ccc(C)c(CSc2n[nH]c(COc3ccc(Cl)c(C)c3)n2)c1. The third-order valence-corrected chi connectivity index (χ3v) is 5.20. The van der Waals surface area contributed by atoms with Crippen LogP contribution in [0.2, 0.25) is 5.02 Å². The number of ether oxygens (including phenoxy) is 1. The fourth-order valence-electron chi connectivity index (χ4n) is 2.36. The maximum absolute atomic E-state index is 6.02. The lowest BCUT2D eigenvalue weighted by molar-refractivity contribution is 0.296. The summed E-state index contributed by atoms with van der Waals surface area (Å²) in [5.41, 5.74) is 4.85. The first-order chi connectivity index (χ1) is 12.0. The van der Waals surface area contributed by atoms with Crippen LogP contribution in [0.4, 0.5) is 0 Å². The quantitative estimate of drug-likeness (QED) is 0.599. The summed E-state index contributed by atoms with van der Waals surface area (Å²) in [6.45, 7) is 6.53. The van der Waals surface area contributed by atoms with Crippen LogP contribution in [0.5, 0.6) is 5.75 Å². The number of H-pyrrole nitrogens is 1. The number of aromatic amines is 1. The minimum atomic E-state index is 0.345. The average Bonchev–Trinajstić information content (AvgIpc) is 3.05. The summed E-state index contributed by atoms with van der Waals surface area (Å²) in [6, 6.07) is 12.1. The molecule has 0 saturated carbocycles. The van der Waals surface area contributed by atoms with Gasteiger partial charge in [0.2, 0.25) is 5.16 Å². The Bertz CT molecular complexity index is 879. The van der Waals surface area contributed by atoms with Gasteiger partial charge in [0, 0.05) is 10.8 Å². The molecular formula is C19H20ClN3OS. The minimum Gasteiger partial charge on any atom is -0.486 e. The van der Waals surface area contributed by atoms with E-state index in [0.29, 0.717) is 12.4 Å². The standard InChI is InChI=1S/C19H20ClN3OS/c1-12-4-5-13(2)15(8-12)11-25-19-21-18(22-23-19)10-24-16-6-7-17(20)14(3)9-16/h4-9H,10-11H2,1-3H3,(H,21,22,23). The molecule has 0 aliphatic heterocycles. The first kappa shape index (κ1) is 17.8. The van der Waals surface area contributed by atoms with E-state index in [1.807, 2.05) is 25.1 Å². The summed E-state index contributed by atoms with van der Waals surface area (Å²) in [5.74, 6) is 2.32. The van der Waals surface area contributed by atoms with Crippen LogP contribution >= 0.6 is 23.4 Å².